The first-order valence-corrected chi connectivity index (χ1v) is 8.00. The fourth-order valence-electron chi connectivity index (χ4n) is 2.75. The maximum absolute atomic E-state index is 12.5. The topological polar surface area (TPSA) is 51.4 Å². The SMILES string of the molecule is Cn1ccsc1=NC(=O)c1ccc2c(c1)C(=O)c1ccccc1-2. The van der Waals surface area contributed by atoms with E-state index in [2.05, 4.69) is 4.99 Å². The van der Waals surface area contributed by atoms with E-state index in [9.17, 15) is 9.59 Å². The number of carbonyl (C=O) groups is 2. The van der Waals surface area contributed by atoms with E-state index >= 15 is 0 Å². The molecule has 1 aliphatic rings. The van der Waals surface area contributed by atoms with Gasteiger partial charge in [-0.05, 0) is 23.3 Å². The fourth-order valence-corrected chi connectivity index (χ4v) is 3.48. The number of carbonyl (C=O) groups excluding carboxylic acids is 2. The zero-order valence-corrected chi connectivity index (χ0v) is 13.1. The molecule has 4 nitrogen and oxygen atoms in total. The predicted octanol–water partition coefficient (Wildman–Crippen LogP) is 3.04. The van der Waals surface area contributed by atoms with Gasteiger partial charge in [0, 0.05) is 35.3 Å². The van der Waals surface area contributed by atoms with Crippen molar-refractivity contribution in [3.8, 4) is 11.1 Å². The Labute approximate surface area is 136 Å². The van der Waals surface area contributed by atoms with E-state index in [1.54, 1.807) is 16.7 Å². The summed E-state index contributed by atoms with van der Waals surface area (Å²) in [5.41, 5.74) is 3.49. The van der Waals surface area contributed by atoms with Crippen molar-refractivity contribution in [2.45, 2.75) is 0 Å². The molecule has 1 aromatic heterocycles. The Hall–Kier alpha value is -2.79. The first kappa shape index (κ1) is 13.8. The highest BCUT2D eigenvalue weighted by Gasteiger charge is 2.26. The number of rotatable bonds is 1. The van der Waals surface area contributed by atoms with Crippen molar-refractivity contribution in [1.82, 2.24) is 4.57 Å². The van der Waals surface area contributed by atoms with E-state index in [0.717, 1.165) is 11.1 Å². The zero-order valence-electron chi connectivity index (χ0n) is 12.3. The van der Waals surface area contributed by atoms with Crippen molar-refractivity contribution in [1.29, 1.82) is 0 Å². The molecular formula is C18H12N2O2S. The third-order valence-electron chi connectivity index (χ3n) is 3.93. The van der Waals surface area contributed by atoms with Gasteiger partial charge in [0.25, 0.3) is 5.91 Å². The van der Waals surface area contributed by atoms with E-state index in [1.165, 1.54) is 11.3 Å². The standard InChI is InChI=1S/C18H12N2O2S/c1-20-8-9-23-18(20)19-17(22)11-6-7-13-12-4-2-3-5-14(12)16(21)15(13)10-11/h2-10H,1H3. The third-order valence-corrected chi connectivity index (χ3v) is 4.78. The molecule has 0 bridgehead atoms. The minimum absolute atomic E-state index is 0.0353. The molecule has 0 saturated heterocycles. The van der Waals surface area contributed by atoms with Crippen molar-refractivity contribution in [2.24, 2.45) is 12.0 Å². The number of ketones is 1. The molecule has 1 heterocycles. The monoisotopic (exact) mass is 320 g/mol. The molecule has 0 spiro atoms. The van der Waals surface area contributed by atoms with Gasteiger partial charge in [0.1, 0.15) is 0 Å². The van der Waals surface area contributed by atoms with Gasteiger partial charge < -0.3 is 4.57 Å². The number of thiazole rings is 1. The van der Waals surface area contributed by atoms with Crippen LogP contribution in [0.2, 0.25) is 0 Å². The lowest BCUT2D eigenvalue weighted by atomic mass is 10.0. The Bertz CT molecular complexity index is 1030. The van der Waals surface area contributed by atoms with Crippen molar-refractivity contribution in [3.05, 3.63) is 75.5 Å². The maximum Gasteiger partial charge on any atom is 0.279 e. The van der Waals surface area contributed by atoms with Crippen LogP contribution in [0.3, 0.4) is 0 Å². The summed E-state index contributed by atoms with van der Waals surface area (Å²) in [6.45, 7) is 0. The molecule has 3 aromatic rings. The van der Waals surface area contributed by atoms with Crippen LogP contribution in [0.1, 0.15) is 26.3 Å². The van der Waals surface area contributed by atoms with Crippen molar-refractivity contribution < 1.29 is 9.59 Å². The van der Waals surface area contributed by atoms with Gasteiger partial charge in [0.2, 0.25) is 0 Å². The van der Waals surface area contributed by atoms with Crippen LogP contribution >= 0.6 is 11.3 Å². The Kier molecular flexibility index (Phi) is 3.09. The molecule has 23 heavy (non-hydrogen) atoms. The molecule has 0 N–H and O–H groups in total. The lowest BCUT2D eigenvalue weighted by Gasteiger charge is -2.01. The second kappa shape index (κ2) is 5.14. The largest absolute Gasteiger partial charge is 0.327 e. The summed E-state index contributed by atoms with van der Waals surface area (Å²) in [6.07, 6.45) is 1.85. The summed E-state index contributed by atoms with van der Waals surface area (Å²) in [5.74, 6) is -0.374. The summed E-state index contributed by atoms with van der Waals surface area (Å²) in [5, 5.41) is 1.87. The molecule has 2 aromatic carbocycles. The van der Waals surface area contributed by atoms with Gasteiger partial charge in [-0.3, -0.25) is 9.59 Å². The second-order valence-electron chi connectivity index (χ2n) is 5.35. The summed E-state index contributed by atoms with van der Waals surface area (Å²) in [7, 11) is 1.84. The molecule has 5 heteroatoms. The highest BCUT2D eigenvalue weighted by Crippen LogP contribution is 2.36. The van der Waals surface area contributed by atoms with E-state index in [0.29, 0.717) is 21.5 Å². The molecule has 112 valence electrons. The number of amides is 1. The van der Waals surface area contributed by atoms with Crippen LogP contribution in [0.15, 0.2) is 59.0 Å². The third kappa shape index (κ3) is 2.17. The number of benzene rings is 2. The van der Waals surface area contributed by atoms with Crippen LogP contribution < -0.4 is 4.80 Å². The summed E-state index contributed by atoms with van der Waals surface area (Å²) < 4.78 is 1.79. The minimum Gasteiger partial charge on any atom is -0.327 e. The summed E-state index contributed by atoms with van der Waals surface area (Å²) in [6, 6.07) is 12.7. The Morgan fingerprint density at radius 3 is 2.52 bits per heavy atom. The van der Waals surface area contributed by atoms with Gasteiger partial charge in [-0.15, -0.1) is 11.3 Å². The molecule has 0 aliphatic heterocycles. The summed E-state index contributed by atoms with van der Waals surface area (Å²) in [4.78, 5) is 29.6. The van der Waals surface area contributed by atoms with Gasteiger partial charge in [-0.1, -0.05) is 30.3 Å². The highest BCUT2D eigenvalue weighted by molar-refractivity contribution is 7.07. The first-order valence-electron chi connectivity index (χ1n) is 7.12. The van der Waals surface area contributed by atoms with Gasteiger partial charge in [-0.2, -0.15) is 4.99 Å². The molecule has 0 saturated carbocycles. The van der Waals surface area contributed by atoms with Gasteiger partial charge >= 0.3 is 0 Å². The number of aromatic nitrogens is 1. The van der Waals surface area contributed by atoms with Gasteiger partial charge in [-0.25, -0.2) is 0 Å². The minimum atomic E-state index is -0.338. The molecule has 0 unspecified atom stereocenters. The zero-order chi connectivity index (χ0) is 16.0. The molecule has 1 aliphatic carbocycles. The maximum atomic E-state index is 12.5. The van der Waals surface area contributed by atoms with Crippen LogP contribution in [-0.2, 0) is 7.05 Å². The van der Waals surface area contributed by atoms with E-state index in [1.807, 2.05) is 49.0 Å². The second-order valence-corrected chi connectivity index (χ2v) is 6.22. The van der Waals surface area contributed by atoms with Gasteiger partial charge in [0.05, 0.1) is 0 Å². The van der Waals surface area contributed by atoms with E-state index in [4.69, 9.17) is 0 Å². The Balaban J connectivity index is 1.79. The van der Waals surface area contributed by atoms with Crippen LogP contribution in [0, 0.1) is 0 Å². The van der Waals surface area contributed by atoms with E-state index < -0.39 is 0 Å². The quantitative estimate of drug-likeness (QED) is 0.541. The molecule has 4 rings (SSSR count). The normalized spacial score (nSPS) is 13.1. The smallest absolute Gasteiger partial charge is 0.279 e. The van der Waals surface area contributed by atoms with Crippen LogP contribution in [0.4, 0.5) is 0 Å². The number of hydrogen-bond acceptors (Lipinski definition) is 3. The van der Waals surface area contributed by atoms with Crippen LogP contribution in [-0.4, -0.2) is 16.3 Å². The van der Waals surface area contributed by atoms with Crippen LogP contribution in [0.25, 0.3) is 11.1 Å². The lowest BCUT2D eigenvalue weighted by molar-refractivity contribution is 0.0998. The number of fused-ring (bicyclic) bond motifs is 3. The Morgan fingerprint density at radius 1 is 1.04 bits per heavy atom. The Morgan fingerprint density at radius 2 is 1.78 bits per heavy atom. The molecule has 0 atom stereocenters. The number of hydrogen-bond donors (Lipinski definition) is 0. The average molecular weight is 320 g/mol. The summed E-state index contributed by atoms with van der Waals surface area (Å²) >= 11 is 1.40. The van der Waals surface area contributed by atoms with Gasteiger partial charge in [0.15, 0.2) is 10.6 Å². The van der Waals surface area contributed by atoms with Crippen molar-refractivity contribution >= 4 is 23.0 Å². The predicted molar refractivity (Wildman–Crippen MR) is 88.5 cm³/mol. The lowest BCUT2D eigenvalue weighted by Crippen LogP contribution is -2.12. The molecule has 0 radical (unpaired) electrons. The first-order chi connectivity index (χ1) is 11.1. The molecule has 1 amide bonds. The fraction of sp³-hybridized carbons (Fsp3) is 0.0556. The average Bonchev–Trinajstić information content (AvgIpc) is 3.10. The van der Waals surface area contributed by atoms with E-state index in [-0.39, 0.29) is 11.7 Å². The highest BCUT2D eigenvalue weighted by atomic mass is 32.1. The van der Waals surface area contributed by atoms with Crippen molar-refractivity contribution in [2.75, 3.05) is 0 Å². The number of nitrogens with zero attached hydrogens (tertiary/aromatic N) is 2. The number of aryl methyl sites for hydroxylation is 1. The van der Waals surface area contributed by atoms with Crippen molar-refractivity contribution in [3.63, 3.8) is 0 Å². The van der Waals surface area contributed by atoms with Crippen LogP contribution in [0.5, 0.6) is 0 Å². The molecule has 0 fully saturated rings. The molecular weight excluding hydrogens is 308 g/mol.